The van der Waals surface area contributed by atoms with Crippen LogP contribution in [0.25, 0.3) is 0 Å². The molecule has 1 saturated carbocycles. The summed E-state index contributed by atoms with van der Waals surface area (Å²) >= 11 is 0. The monoisotopic (exact) mass is 273 g/mol. The topological polar surface area (TPSA) is 74.7 Å². The molecule has 1 unspecified atom stereocenters. The lowest BCUT2D eigenvalue weighted by atomic mass is 9.99. The number of fused-ring (bicyclic) bond motifs is 1. The highest BCUT2D eigenvalue weighted by molar-refractivity contribution is 6.24. The van der Waals surface area contributed by atoms with E-state index in [1.54, 1.807) is 26.0 Å². The van der Waals surface area contributed by atoms with Gasteiger partial charge in [-0.05, 0) is 43.7 Å². The van der Waals surface area contributed by atoms with Gasteiger partial charge in [0.2, 0.25) is 0 Å². The molecule has 1 N–H and O–H groups in total. The molecule has 0 saturated heterocycles. The lowest BCUT2D eigenvalue weighted by Crippen LogP contribution is -2.46. The van der Waals surface area contributed by atoms with E-state index in [2.05, 4.69) is 0 Å². The molecular weight excluding hydrogens is 258 g/mol. The highest BCUT2D eigenvalue weighted by Gasteiger charge is 2.50. The molecule has 1 aliphatic carbocycles. The molecule has 2 aliphatic rings. The molecule has 2 amide bonds. The second-order valence-electron chi connectivity index (χ2n) is 5.55. The number of rotatable bonds is 3. The van der Waals surface area contributed by atoms with Crippen molar-refractivity contribution in [1.82, 2.24) is 4.90 Å². The first kappa shape index (κ1) is 12.8. The van der Waals surface area contributed by atoms with Gasteiger partial charge in [0.05, 0.1) is 11.1 Å². The number of carboxylic acid groups (broad SMARTS) is 1. The quantitative estimate of drug-likeness (QED) is 0.851. The van der Waals surface area contributed by atoms with Gasteiger partial charge >= 0.3 is 5.97 Å². The third-order valence-corrected chi connectivity index (χ3v) is 4.09. The maximum atomic E-state index is 12.5. The Kier molecular flexibility index (Phi) is 2.67. The van der Waals surface area contributed by atoms with Gasteiger partial charge in [-0.2, -0.15) is 0 Å². The van der Waals surface area contributed by atoms with Crippen molar-refractivity contribution in [2.24, 2.45) is 5.92 Å². The van der Waals surface area contributed by atoms with Crippen LogP contribution in [0.2, 0.25) is 0 Å². The first-order valence-corrected chi connectivity index (χ1v) is 6.64. The minimum absolute atomic E-state index is 0.102. The number of aliphatic carboxylic acids is 1. The molecule has 1 fully saturated rings. The number of carbonyl (C=O) groups is 3. The fourth-order valence-corrected chi connectivity index (χ4v) is 2.88. The van der Waals surface area contributed by atoms with E-state index in [9.17, 15) is 19.5 Å². The first-order valence-electron chi connectivity index (χ1n) is 6.64. The van der Waals surface area contributed by atoms with E-state index < -0.39 is 23.8 Å². The van der Waals surface area contributed by atoms with Crippen molar-refractivity contribution >= 4 is 17.8 Å². The largest absolute Gasteiger partial charge is 0.480 e. The zero-order valence-electron chi connectivity index (χ0n) is 11.3. The van der Waals surface area contributed by atoms with Crippen LogP contribution in [0.1, 0.15) is 44.7 Å². The minimum atomic E-state index is -1.10. The van der Waals surface area contributed by atoms with Gasteiger partial charge in [-0.3, -0.25) is 14.5 Å². The van der Waals surface area contributed by atoms with Crippen LogP contribution in [0.15, 0.2) is 12.1 Å². The van der Waals surface area contributed by atoms with Crippen molar-refractivity contribution < 1.29 is 19.5 Å². The van der Waals surface area contributed by atoms with Crippen molar-refractivity contribution in [1.29, 1.82) is 0 Å². The first-order chi connectivity index (χ1) is 9.43. The molecule has 1 aromatic carbocycles. The van der Waals surface area contributed by atoms with Gasteiger partial charge in [0, 0.05) is 0 Å². The van der Waals surface area contributed by atoms with E-state index in [1.807, 2.05) is 0 Å². The van der Waals surface area contributed by atoms with Crippen molar-refractivity contribution in [3.8, 4) is 0 Å². The smallest absolute Gasteiger partial charge is 0.327 e. The van der Waals surface area contributed by atoms with Gasteiger partial charge < -0.3 is 5.11 Å². The van der Waals surface area contributed by atoms with Crippen molar-refractivity contribution in [3.05, 3.63) is 34.4 Å². The molecule has 0 bridgehead atoms. The number of hydrogen-bond donors (Lipinski definition) is 1. The molecule has 5 nitrogen and oxygen atoms in total. The second-order valence-corrected chi connectivity index (χ2v) is 5.55. The Bertz CT molecular complexity index is 605. The third kappa shape index (κ3) is 1.66. The fourth-order valence-electron chi connectivity index (χ4n) is 2.88. The van der Waals surface area contributed by atoms with Crippen molar-refractivity contribution in [2.75, 3.05) is 0 Å². The molecule has 0 radical (unpaired) electrons. The highest BCUT2D eigenvalue weighted by atomic mass is 16.4. The summed E-state index contributed by atoms with van der Waals surface area (Å²) in [5.41, 5.74) is 2.15. The third-order valence-electron chi connectivity index (χ3n) is 4.09. The Morgan fingerprint density at radius 3 is 1.95 bits per heavy atom. The Labute approximate surface area is 116 Å². The van der Waals surface area contributed by atoms with Gasteiger partial charge in [-0.25, -0.2) is 4.79 Å². The Morgan fingerprint density at radius 2 is 1.60 bits per heavy atom. The number of imide groups is 1. The predicted molar refractivity (Wildman–Crippen MR) is 70.6 cm³/mol. The van der Waals surface area contributed by atoms with Gasteiger partial charge in [-0.15, -0.1) is 0 Å². The van der Waals surface area contributed by atoms with E-state index in [4.69, 9.17) is 0 Å². The molecule has 0 aromatic heterocycles. The summed E-state index contributed by atoms with van der Waals surface area (Å²) in [7, 11) is 0. The van der Waals surface area contributed by atoms with Crippen LogP contribution in [-0.4, -0.2) is 33.8 Å². The Balaban J connectivity index is 2.11. The Morgan fingerprint density at radius 1 is 1.15 bits per heavy atom. The molecule has 20 heavy (non-hydrogen) atoms. The predicted octanol–water partition coefficient (Wildman–Crippen LogP) is 1.76. The normalized spacial score (nSPS) is 19.2. The number of hydrogen-bond acceptors (Lipinski definition) is 3. The lowest BCUT2D eigenvalue weighted by Gasteiger charge is -2.22. The van der Waals surface area contributed by atoms with Crippen LogP contribution in [0, 0.1) is 19.8 Å². The van der Waals surface area contributed by atoms with Crippen LogP contribution >= 0.6 is 0 Å². The van der Waals surface area contributed by atoms with Crippen molar-refractivity contribution in [2.45, 2.75) is 32.7 Å². The maximum Gasteiger partial charge on any atom is 0.327 e. The lowest BCUT2D eigenvalue weighted by molar-refractivity contribution is -0.142. The summed E-state index contributed by atoms with van der Waals surface area (Å²) in [4.78, 5) is 37.4. The standard InChI is InChI=1S/C15H15NO4/c1-7-3-4-8(2)11-10(7)13(17)16(14(11)18)12(15(19)20)9-5-6-9/h3-4,9,12H,5-6H2,1-2H3,(H,19,20). The molecule has 104 valence electrons. The minimum Gasteiger partial charge on any atom is -0.480 e. The van der Waals surface area contributed by atoms with Crippen molar-refractivity contribution in [3.63, 3.8) is 0 Å². The second kappa shape index (κ2) is 4.16. The molecule has 1 aromatic rings. The number of carbonyl (C=O) groups excluding carboxylic acids is 2. The highest BCUT2D eigenvalue weighted by Crippen LogP contribution is 2.39. The molecule has 3 rings (SSSR count). The average Bonchev–Trinajstić information content (AvgIpc) is 3.16. The molecule has 5 heteroatoms. The van der Waals surface area contributed by atoms with Gasteiger partial charge in [0.1, 0.15) is 6.04 Å². The fraction of sp³-hybridized carbons (Fsp3) is 0.400. The van der Waals surface area contributed by atoms with Crippen LogP contribution in [0.4, 0.5) is 0 Å². The van der Waals surface area contributed by atoms with E-state index in [-0.39, 0.29) is 5.92 Å². The van der Waals surface area contributed by atoms with Crippen LogP contribution < -0.4 is 0 Å². The van der Waals surface area contributed by atoms with E-state index >= 15 is 0 Å². The number of nitrogens with zero attached hydrogens (tertiary/aromatic N) is 1. The maximum absolute atomic E-state index is 12.5. The summed E-state index contributed by atoms with van der Waals surface area (Å²) in [6.07, 6.45) is 1.50. The summed E-state index contributed by atoms with van der Waals surface area (Å²) in [6.45, 7) is 3.53. The number of carboxylic acids is 1. The SMILES string of the molecule is Cc1ccc(C)c2c1C(=O)N(C(C(=O)O)C1CC1)C2=O. The number of benzene rings is 1. The summed E-state index contributed by atoms with van der Waals surface area (Å²) < 4.78 is 0. The van der Waals surface area contributed by atoms with Gasteiger partial charge in [-0.1, -0.05) is 12.1 Å². The van der Waals surface area contributed by atoms with E-state index in [0.717, 1.165) is 17.7 Å². The summed E-state index contributed by atoms with van der Waals surface area (Å²) in [5.74, 6) is -2.14. The number of amides is 2. The van der Waals surface area contributed by atoms with Crippen LogP contribution in [0.3, 0.4) is 0 Å². The van der Waals surface area contributed by atoms with E-state index in [0.29, 0.717) is 22.3 Å². The molecular formula is C15H15NO4. The Hall–Kier alpha value is -2.17. The number of aryl methyl sites for hydroxylation is 2. The zero-order valence-corrected chi connectivity index (χ0v) is 11.3. The zero-order chi connectivity index (χ0) is 14.6. The summed E-state index contributed by atoms with van der Waals surface area (Å²) in [5, 5.41) is 9.35. The molecule has 1 heterocycles. The van der Waals surface area contributed by atoms with Gasteiger partial charge in [0.25, 0.3) is 11.8 Å². The van der Waals surface area contributed by atoms with E-state index in [1.165, 1.54) is 0 Å². The molecule has 1 atom stereocenters. The van der Waals surface area contributed by atoms with Crippen LogP contribution in [-0.2, 0) is 4.79 Å². The molecule has 0 spiro atoms. The van der Waals surface area contributed by atoms with Gasteiger partial charge in [0.15, 0.2) is 0 Å². The average molecular weight is 273 g/mol. The van der Waals surface area contributed by atoms with Crippen LogP contribution in [0.5, 0.6) is 0 Å². The molecule has 1 aliphatic heterocycles. The summed E-state index contributed by atoms with van der Waals surface area (Å²) in [6, 6.07) is 2.55.